The van der Waals surface area contributed by atoms with Gasteiger partial charge in [-0.25, -0.2) is 4.98 Å². The van der Waals surface area contributed by atoms with Gasteiger partial charge >= 0.3 is 0 Å². The summed E-state index contributed by atoms with van der Waals surface area (Å²) >= 11 is 9.32. The number of hydrogen-bond acceptors (Lipinski definition) is 5. The van der Waals surface area contributed by atoms with Crippen molar-refractivity contribution in [2.45, 2.75) is 57.1 Å². The zero-order valence-electron chi connectivity index (χ0n) is 17.5. The lowest BCUT2D eigenvalue weighted by Gasteiger charge is -2.18. The highest BCUT2D eigenvalue weighted by molar-refractivity contribution is 7.99. The molecule has 1 N–H and O–H groups in total. The van der Waals surface area contributed by atoms with Gasteiger partial charge in [-0.2, -0.15) is 0 Å². The SMILES string of the molecule is Cc1ccc(-n2c(SCC(=O)NC3CC3)nc3sc4c(c3c2=O)CCC(C)C4)cc1Cl. The number of amides is 1. The molecule has 5 rings (SSSR count). The quantitative estimate of drug-likeness (QED) is 0.422. The second-order valence-electron chi connectivity index (χ2n) is 8.63. The van der Waals surface area contributed by atoms with Gasteiger partial charge in [0, 0.05) is 15.9 Å². The Labute approximate surface area is 194 Å². The number of nitrogens with one attached hydrogen (secondary N) is 1. The van der Waals surface area contributed by atoms with Crippen LogP contribution in [0.1, 0.15) is 42.2 Å². The molecule has 0 radical (unpaired) electrons. The molecule has 1 fully saturated rings. The zero-order chi connectivity index (χ0) is 21.7. The molecule has 2 aromatic heterocycles. The van der Waals surface area contributed by atoms with E-state index in [2.05, 4.69) is 12.2 Å². The maximum absolute atomic E-state index is 13.8. The normalized spacial score (nSPS) is 18.2. The maximum Gasteiger partial charge on any atom is 0.267 e. The minimum Gasteiger partial charge on any atom is -0.353 e. The minimum atomic E-state index is -0.0675. The number of fused-ring (bicyclic) bond motifs is 3. The molecule has 1 saturated carbocycles. The summed E-state index contributed by atoms with van der Waals surface area (Å²) in [6, 6.07) is 5.92. The molecule has 0 aliphatic heterocycles. The van der Waals surface area contributed by atoms with Crippen molar-refractivity contribution >= 4 is 50.8 Å². The number of thioether (sulfide) groups is 1. The Kier molecular flexibility index (Phi) is 5.61. The van der Waals surface area contributed by atoms with Gasteiger partial charge in [-0.15, -0.1) is 11.3 Å². The summed E-state index contributed by atoms with van der Waals surface area (Å²) in [7, 11) is 0. The topological polar surface area (TPSA) is 64.0 Å². The lowest BCUT2D eigenvalue weighted by atomic mass is 9.89. The van der Waals surface area contributed by atoms with Crippen molar-refractivity contribution in [3.63, 3.8) is 0 Å². The van der Waals surface area contributed by atoms with Crippen molar-refractivity contribution in [1.29, 1.82) is 0 Å². The Bertz CT molecular complexity index is 1250. The van der Waals surface area contributed by atoms with Crippen molar-refractivity contribution in [1.82, 2.24) is 14.9 Å². The van der Waals surface area contributed by atoms with Gasteiger partial charge in [0.05, 0.1) is 16.8 Å². The van der Waals surface area contributed by atoms with E-state index in [0.29, 0.717) is 27.8 Å². The molecule has 1 unspecified atom stereocenters. The third-order valence-corrected chi connectivity index (χ3v) is 8.48. The zero-order valence-corrected chi connectivity index (χ0v) is 19.9. The van der Waals surface area contributed by atoms with E-state index in [-0.39, 0.29) is 17.2 Å². The molecule has 0 bridgehead atoms. The van der Waals surface area contributed by atoms with Crippen LogP contribution in [-0.2, 0) is 17.6 Å². The summed E-state index contributed by atoms with van der Waals surface area (Å²) in [4.78, 5) is 33.0. The van der Waals surface area contributed by atoms with Crippen molar-refractivity contribution in [2.75, 3.05) is 5.75 Å². The standard InChI is InChI=1S/C23H24ClN3O2S2/c1-12-3-8-16-18(9-12)31-21-20(16)22(29)27(15-7-4-13(2)17(24)10-15)23(26-21)30-11-19(28)25-14-5-6-14/h4,7,10,12,14H,3,5-6,8-9,11H2,1-2H3,(H,25,28). The van der Waals surface area contributed by atoms with Crippen LogP contribution in [0.2, 0.25) is 5.02 Å². The maximum atomic E-state index is 13.8. The average molecular weight is 474 g/mol. The van der Waals surface area contributed by atoms with Gasteiger partial charge in [0.2, 0.25) is 5.91 Å². The number of nitrogens with zero attached hydrogens (tertiary/aromatic N) is 2. The Hall–Kier alpha value is -1.83. The number of halogens is 1. The van der Waals surface area contributed by atoms with E-state index in [1.54, 1.807) is 22.0 Å². The number of benzene rings is 1. The first-order valence-corrected chi connectivity index (χ1v) is 12.8. The highest BCUT2D eigenvalue weighted by atomic mass is 35.5. The molecular formula is C23H24ClN3O2S2. The summed E-state index contributed by atoms with van der Waals surface area (Å²) in [6.45, 7) is 4.19. The molecule has 162 valence electrons. The molecular weight excluding hydrogens is 450 g/mol. The molecule has 2 aliphatic rings. The van der Waals surface area contributed by atoms with Gasteiger partial charge < -0.3 is 5.32 Å². The first kappa shape index (κ1) is 21.0. The third-order valence-electron chi connectivity index (χ3n) is 5.99. The highest BCUT2D eigenvalue weighted by Crippen LogP contribution is 2.37. The molecule has 1 amide bonds. The first-order valence-electron chi connectivity index (χ1n) is 10.7. The van der Waals surface area contributed by atoms with Crippen molar-refractivity contribution in [3.8, 4) is 5.69 Å². The average Bonchev–Trinajstić information content (AvgIpc) is 3.46. The fourth-order valence-corrected chi connectivity index (χ4v) is 6.47. The van der Waals surface area contributed by atoms with E-state index >= 15 is 0 Å². The molecule has 1 atom stereocenters. The largest absolute Gasteiger partial charge is 0.353 e. The Morgan fingerprint density at radius 1 is 1.35 bits per heavy atom. The third kappa shape index (κ3) is 4.15. The summed E-state index contributed by atoms with van der Waals surface area (Å²) in [5.41, 5.74) is 2.73. The summed E-state index contributed by atoms with van der Waals surface area (Å²) in [5.74, 6) is 0.837. The summed E-state index contributed by atoms with van der Waals surface area (Å²) in [6.07, 6.45) is 5.10. The van der Waals surface area contributed by atoms with Gasteiger partial charge in [-0.3, -0.25) is 14.2 Å². The Morgan fingerprint density at radius 2 is 2.16 bits per heavy atom. The lowest BCUT2D eigenvalue weighted by Crippen LogP contribution is -2.28. The molecule has 0 spiro atoms. The second-order valence-corrected chi connectivity index (χ2v) is 11.1. The van der Waals surface area contributed by atoms with E-state index in [1.807, 2.05) is 19.1 Å². The lowest BCUT2D eigenvalue weighted by molar-refractivity contribution is -0.118. The van der Waals surface area contributed by atoms with Crippen LogP contribution >= 0.6 is 34.7 Å². The van der Waals surface area contributed by atoms with E-state index in [0.717, 1.165) is 53.4 Å². The van der Waals surface area contributed by atoms with Crippen molar-refractivity contribution < 1.29 is 4.79 Å². The van der Waals surface area contributed by atoms with Crippen LogP contribution in [0.3, 0.4) is 0 Å². The predicted octanol–water partition coefficient (Wildman–Crippen LogP) is 4.90. The molecule has 2 aliphatic carbocycles. The number of aryl methyl sites for hydroxylation is 2. The van der Waals surface area contributed by atoms with E-state index in [1.165, 1.54) is 16.6 Å². The summed E-state index contributed by atoms with van der Waals surface area (Å²) < 4.78 is 1.63. The van der Waals surface area contributed by atoms with Crippen LogP contribution < -0.4 is 10.9 Å². The molecule has 31 heavy (non-hydrogen) atoms. The van der Waals surface area contributed by atoms with Crippen LogP contribution in [-0.4, -0.2) is 27.3 Å². The fraction of sp³-hybridized carbons (Fsp3) is 0.435. The minimum absolute atomic E-state index is 0.0189. The predicted molar refractivity (Wildman–Crippen MR) is 128 cm³/mol. The highest BCUT2D eigenvalue weighted by Gasteiger charge is 2.26. The van der Waals surface area contributed by atoms with E-state index < -0.39 is 0 Å². The fourth-order valence-electron chi connectivity index (χ4n) is 4.04. The van der Waals surface area contributed by atoms with Gasteiger partial charge in [0.15, 0.2) is 5.16 Å². The number of hydrogen-bond donors (Lipinski definition) is 1. The summed E-state index contributed by atoms with van der Waals surface area (Å²) in [5, 5.41) is 4.88. The van der Waals surface area contributed by atoms with Gasteiger partial charge in [0.1, 0.15) is 4.83 Å². The monoisotopic (exact) mass is 473 g/mol. The van der Waals surface area contributed by atoms with E-state index in [9.17, 15) is 9.59 Å². The molecule has 8 heteroatoms. The van der Waals surface area contributed by atoms with Gasteiger partial charge in [0.25, 0.3) is 5.56 Å². The molecule has 2 heterocycles. The number of carbonyl (C=O) groups is 1. The van der Waals surface area contributed by atoms with Crippen LogP contribution in [0.4, 0.5) is 0 Å². The molecule has 3 aromatic rings. The van der Waals surface area contributed by atoms with Crippen molar-refractivity contribution in [2.24, 2.45) is 5.92 Å². The Morgan fingerprint density at radius 3 is 2.90 bits per heavy atom. The van der Waals surface area contributed by atoms with Gasteiger partial charge in [-0.1, -0.05) is 36.4 Å². The molecule has 1 aromatic carbocycles. The van der Waals surface area contributed by atoms with Gasteiger partial charge in [-0.05, 0) is 68.2 Å². The first-order chi connectivity index (χ1) is 14.9. The second kappa shape index (κ2) is 8.26. The Balaban J connectivity index is 1.62. The number of rotatable bonds is 5. The molecule has 0 saturated heterocycles. The van der Waals surface area contributed by atoms with Crippen LogP contribution in [0.15, 0.2) is 28.2 Å². The molecule has 5 nitrogen and oxygen atoms in total. The van der Waals surface area contributed by atoms with Crippen molar-refractivity contribution in [3.05, 3.63) is 49.6 Å². The number of thiophene rings is 1. The van der Waals surface area contributed by atoms with Crippen LogP contribution in [0.5, 0.6) is 0 Å². The number of carbonyl (C=O) groups excluding carboxylic acids is 1. The number of aromatic nitrogens is 2. The van der Waals surface area contributed by atoms with Crippen LogP contribution in [0.25, 0.3) is 15.9 Å². The van der Waals surface area contributed by atoms with E-state index in [4.69, 9.17) is 16.6 Å². The smallest absolute Gasteiger partial charge is 0.267 e. The van der Waals surface area contributed by atoms with Crippen LogP contribution in [0, 0.1) is 12.8 Å².